The number of benzene rings is 1. The van der Waals surface area contributed by atoms with Gasteiger partial charge in [-0.15, -0.1) is 11.6 Å². The summed E-state index contributed by atoms with van der Waals surface area (Å²) >= 11 is 5.29. The van der Waals surface area contributed by atoms with E-state index in [0.29, 0.717) is 0 Å². The highest BCUT2D eigenvalue weighted by Gasteiger charge is 2.04. The first-order valence-corrected chi connectivity index (χ1v) is 4.19. The Morgan fingerprint density at radius 3 is 2.62 bits per heavy atom. The van der Waals surface area contributed by atoms with Gasteiger partial charge in [0.15, 0.2) is 0 Å². The summed E-state index contributed by atoms with van der Waals surface area (Å²) in [4.78, 5) is 0. The van der Waals surface area contributed by atoms with Crippen LogP contribution >= 0.6 is 11.6 Å². The summed E-state index contributed by atoms with van der Waals surface area (Å²) in [5.41, 5.74) is 0.317. The van der Waals surface area contributed by atoms with Crippen LogP contribution in [-0.2, 0) is 0 Å². The normalized spacial score (nSPS) is 9.23. The Balaban J connectivity index is 3.16. The van der Waals surface area contributed by atoms with E-state index in [-0.39, 0.29) is 17.0 Å². The first-order chi connectivity index (χ1) is 6.15. The molecule has 0 heterocycles. The fourth-order valence-corrected chi connectivity index (χ4v) is 0.938. The molecule has 0 saturated carbocycles. The summed E-state index contributed by atoms with van der Waals surface area (Å²) < 4.78 is 26.0. The number of hydrogen-bond donors (Lipinski definition) is 0. The van der Waals surface area contributed by atoms with Crippen LogP contribution in [0.5, 0.6) is 0 Å². The molecule has 0 aliphatic carbocycles. The Kier molecular flexibility index (Phi) is 3.27. The molecule has 0 aliphatic heterocycles. The Labute approximate surface area is 80.5 Å². The number of alkyl halides is 1. The molecule has 1 aromatic rings. The number of hydrogen-bond acceptors (Lipinski definition) is 0. The smallest absolute Gasteiger partial charge is 0.139 e. The van der Waals surface area contributed by atoms with Crippen molar-refractivity contribution in [2.75, 3.05) is 5.88 Å². The van der Waals surface area contributed by atoms with E-state index in [0.717, 1.165) is 12.1 Å². The van der Waals surface area contributed by atoms with Crippen LogP contribution in [0, 0.1) is 30.4 Å². The molecule has 0 N–H and O–H groups in total. The van der Waals surface area contributed by atoms with Gasteiger partial charge in [0.1, 0.15) is 11.6 Å². The van der Waals surface area contributed by atoms with Crippen molar-refractivity contribution in [1.29, 1.82) is 0 Å². The molecule has 13 heavy (non-hydrogen) atoms. The van der Waals surface area contributed by atoms with Gasteiger partial charge in [0, 0.05) is 0 Å². The summed E-state index contributed by atoms with van der Waals surface area (Å²) in [6.07, 6.45) is 0. The van der Waals surface area contributed by atoms with Crippen molar-refractivity contribution in [2.24, 2.45) is 0 Å². The third kappa shape index (κ3) is 2.43. The Bertz CT molecular complexity index is 374. The average Bonchev–Trinajstić information content (AvgIpc) is 2.09. The largest absolute Gasteiger partial charge is 0.207 e. The van der Waals surface area contributed by atoms with Gasteiger partial charge in [0.05, 0.1) is 11.4 Å². The molecule has 0 atom stereocenters. The molecule has 0 unspecified atom stereocenters. The minimum absolute atomic E-state index is 0.0451. The third-order valence-corrected chi connectivity index (χ3v) is 1.67. The van der Waals surface area contributed by atoms with E-state index in [1.165, 1.54) is 6.92 Å². The van der Waals surface area contributed by atoms with Gasteiger partial charge in [-0.2, -0.15) is 0 Å². The lowest BCUT2D eigenvalue weighted by Gasteiger charge is -1.98. The fourth-order valence-electron chi connectivity index (χ4n) is 0.871. The molecule has 0 bridgehead atoms. The number of halogens is 3. The van der Waals surface area contributed by atoms with Crippen LogP contribution in [0.4, 0.5) is 8.78 Å². The molecular weight excluding hydrogens is 194 g/mol. The van der Waals surface area contributed by atoms with Crippen LogP contribution in [0.2, 0.25) is 0 Å². The summed E-state index contributed by atoms with van der Waals surface area (Å²) in [6, 6.07) is 2.19. The number of rotatable bonds is 0. The summed E-state index contributed by atoms with van der Waals surface area (Å²) in [5, 5.41) is 0. The van der Waals surface area contributed by atoms with Crippen molar-refractivity contribution in [2.45, 2.75) is 6.92 Å². The monoisotopic (exact) mass is 200 g/mol. The van der Waals surface area contributed by atoms with Crippen LogP contribution in [-0.4, -0.2) is 5.88 Å². The van der Waals surface area contributed by atoms with E-state index in [2.05, 4.69) is 11.8 Å². The van der Waals surface area contributed by atoms with Gasteiger partial charge >= 0.3 is 0 Å². The van der Waals surface area contributed by atoms with Gasteiger partial charge < -0.3 is 0 Å². The van der Waals surface area contributed by atoms with E-state index in [4.69, 9.17) is 11.6 Å². The molecule has 0 saturated heterocycles. The molecule has 0 aromatic heterocycles. The second-order valence-electron chi connectivity index (χ2n) is 2.52. The molecule has 3 heteroatoms. The molecule has 0 spiro atoms. The molecule has 0 fully saturated rings. The predicted octanol–water partition coefficient (Wildman–Crippen LogP) is 2.86. The van der Waals surface area contributed by atoms with E-state index in [9.17, 15) is 8.78 Å². The Morgan fingerprint density at radius 2 is 2.00 bits per heavy atom. The van der Waals surface area contributed by atoms with E-state index in [1.807, 2.05) is 0 Å². The number of aryl methyl sites for hydroxylation is 1. The Hall–Kier alpha value is -1.07. The van der Waals surface area contributed by atoms with E-state index >= 15 is 0 Å². The highest BCUT2D eigenvalue weighted by molar-refractivity contribution is 6.19. The first kappa shape index (κ1) is 10.0. The summed E-state index contributed by atoms with van der Waals surface area (Å²) in [6.45, 7) is 1.50. The maximum atomic E-state index is 13.0. The Morgan fingerprint density at radius 1 is 1.31 bits per heavy atom. The molecular formula is C10H7ClF2. The minimum atomic E-state index is -0.517. The topological polar surface area (TPSA) is 0 Å². The minimum Gasteiger partial charge on any atom is -0.207 e. The van der Waals surface area contributed by atoms with E-state index in [1.54, 1.807) is 0 Å². The van der Waals surface area contributed by atoms with E-state index < -0.39 is 11.6 Å². The lowest BCUT2D eigenvalue weighted by Crippen LogP contribution is -1.90. The van der Waals surface area contributed by atoms with Crippen molar-refractivity contribution in [3.63, 3.8) is 0 Å². The van der Waals surface area contributed by atoms with Gasteiger partial charge in [-0.3, -0.25) is 0 Å². The summed E-state index contributed by atoms with van der Waals surface area (Å²) in [5.74, 6) is 4.03. The predicted molar refractivity (Wildman–Crippen MR) is 48.7 cm³/mol. The molecule has 68 valence electrons. The molecule has 1 rings (SSSR count). The molecule has 0 nitrogen and oxygen atoms in total. The van der Waals surface area contributed by atoms with Crippen LogP contribution in [0.1, 0.15) is 11.1 Å². The van der Waals surface area contributed by atoms with Gasteiger partial charge in [-0.25, -0.2) is 8.78 Å². The van der Waals surface area contributed by atoms with Crippen molar-refractivity contribution in [3.8, 4) is 11.8 Å². The average molecular weight is 201 g/mol. The fraction of sp³-hybridized carbons (Fsp3) is 0.200. The van der Waals surface area contributed by atoms with Crippen molar-refractivity contribution in [3.05, 3.63) is 34.9 Å². The lowest BCUT2D eigenvalue weighted by molar-refractivity contribution is 0.590. The highest BCUT2D eigenvalue weighted by atomic mass is 35.5. The first-order valence-electron chi connectivity index (χ1n) is 3.65. The summed E-state index contributed by atoms with van der Waals surface area (Å²) in [7, 11) is 0. The van der Waals surface area contributed by atoms with Crippen LogP contribution < -0.4 is 0 Å². The van der Waals surface area contributed by atoms with Gasteiger partial charge in [0.2, 0.25) is 0 Å². The van der Waals surface area contributed by atoms with Gasteiger partial charge in [0.25, 0.3) is 0 Å². The van der Waals surface area contributed by atoms with Crippen molar-refractivity contribution in [1.82, 2.24) is 0 Å². The van der Waals surface area contributed by atoms with Gasteiger partial charge in [-0.1, -0.05) is 11.8 Å². The zero-order chi connectivity index (χ0) is 9.84. The second kappa shape index (κ2) is 4.25. The van der Waals surface area contributed by atoms with Crippen molar-refractivity contribution < 1.29 is 8.78 Å². The van der Waals surface area contributed by atoms with Crippen LogP contribution in [0.15, 0.2) is 12.1 Å². The molecule has 1 aromatic carbocycles. The highest BCUT2D eigenvalue weighted by Crippen LogP contribution is 2.12. The van der Waals surface area contributed by atoms with Crippen LogP contribution in [0.3, 0.4) is 0 Å². The standard InChI is InChI=1S/C10H7ClF2/c1-7-5-10(13)8(3-2-4-11)6-9(7)12/h5-6H,4H2,1H3. The SMILES string of the molecule is Cc1cc(F)c(C#CCCl)cc1F. The lowest BCUT2D eigenvalue weighted by atomic mass is 10.1. The molecule has 0 amide bonds. The van der Waals surface area contributed by atoms with Crippen LogP contribution in [0.25, 0.3) is 0 Å². The molecule has 0 radical (unpaired) electrons. The van der Waals surface area contributed by atoms with Crippen molar-refractivity contribution >= 4 is 11.6 Å². The maximum Gasteiger partial charge on any atom is 0.139 e. The second-order valence-corrected chi connectivity index (χ2v) is 2.78. The van der Waals surface area contributed by atoms with Gasteiger partial charge in [-0.05, 0) is 24.6 Å². The quantitative estimate of drug-likeness (QED) is 0.446. The molecule has 0 aliphatic rings. The zero-order valence-corrected chi connectivity index (χ0v) is 7.75. The third-order valence-electron chi connectivity index (χ3n) is 1.54. The maximum absolute atomic E-state index is 13.0. The zero-order valence-electron chi connectivity index (χ0n) is 7.00.